The molecule has 5 nitrogen and oxygen atoms in total. The van der Waals surface area contributed by atoms with Crippen LogP contribution in [0.25, 0.3) is 0 Å². The van der Waals surface area contributed by atoms with Crippen molar-refractivity contribution in [1.82, 2.24) is 0 Å². The van der Waals surface area contributed by atoms with Crippen molar-refractivity contribution < 1.29 is 24.1 Å². The molecule has 11 heavy (non-hydrogen) atoms. The van der Waals surface area contributed by atoms with Gasteiger partial charge in [-0.2, -0.15) is 4.89 Å². The number of rotatable bonds is 3. The number of ether oxygens (including phenoxy) is 1. The molecule has 0 amide bonds. The summed E-state index contributed by atoms with van der Waals surface area (Å²) in [5.41, 5.74) is 0. The molecule has 5 heteroatoms. The molecule has 0 aliphatic carbocycles. The maximum Gasteiger partial charge on any atom is 0.356 e. The van der Waals surface area contributed by atoms with Crippen molar-refractivity contribution in [3.63, 3.8) is 0 Å². The fourth-order valence-corrected chi connectivity index (χ4v) is 0.427. The van der Waals surface area contributed by atoms with E-state index in [1.165, 1.54) is 21.1 Å². The predicted octanol–water partition coefficient (Wildman–Crippen LogP) is -0.0999. The predicted molar refractivity (Wildman–Crippen MR) is 34.3 cm³/mol. The van der Waals surface area contributed by atoms with Crippen molar-refractivity contribution in [3.05, 3.63) is 0 Å². The summed E-state index contributed by atoms with van der Waals surface area (Å²) < 4.78 is 4.28. The van der Waals surface area contributed by atoms with Crippen molar-refractivity contribution in [3.8, 4) is 0 Å². The lowest BCUT2D eigenvalue weighted by molar-refractivity contribution is -0.258. The molecule has 0 spiro atoms. The third-order valence-electron chi connectivity index (χ3n) is 1.07. The van der Waals surface area contributed by atoms with Crippen LogP contribution in [0.3, 0.4) is 0 Å². The third-order valence-corrected chi connectivity index (χ3v) is 1.07. The van der Waals surface area contributed by atoms with Crippen molar-refractivity contribution in [1.29, 1.82) is 0 Å². The Morgan fingerprint density at radius 2 is 1.73 bits per heavy atom. The summed E-state index contributed by atoms with van der Waals surface area (Å²) in [7, 11) is 2.38. The fraction of sp³-hybridized carbons (Fsp3) is 0.667. The van der Waals surface area contributed by atoms with E-state index in [9.17, 15) is 9.59 Å². The molecule has 0 fully saturated rings. The topological polar surface area (TPSA) is 61.8 Å². The van der Waals surface area contributed by atoms with Crippen LogP contribution >= 0.6 is 0 Å². The second kappa shape index (κ2) is 4.68. The maximum atomic E-state index is 10.7. The summed E-state index contributed by atoms with van der Waals surface area (Å²) >= 11 is 0. The first-order valence-corrected chi connectivity index (χ1v) is 2.95. The second-order valence-corrected chi connectivity index (χ2v) is 1.81. The van der Waals surface area contributed by atoms with Gasteiger partial charge in [-0.1, -0.05) is 0 Å². The van der Waals surface area contributed by atoms with Gasteiger partial charge in [-0.25, -0.2) is 4.79 Å². The Morgan fingerprint density at radius 1 is 1.18 bits per heavy atom. The van der Waals surface area contributed by atoms with Crippen LogP contribution in [0.5, 0.6) is 0 Å². The number of hydrogen-bond donors (Lipinski definition) is 0. The number of esters is 1. The third kappa shape index (κ3) is 2.99. The molecule has 0 aromatic heterocycles. The molecule has 0 radical (unpaired) electrons. The van der Waals surface area contributed by atoms with Gasteiger partial charge >= 0.3 is 11.9 Å². The number of carbonyl (C=O) groups excluding carboxylic acids is 2. The average Bonchev–Trinajstić information content (AvgIpc) is 2.02. The monoisotopic (exact) mass is 162 g/mol. The summed E-state index contributed by atoms with van der Waals surface area (Å²) in [6.45, 7) is 1.37. The highest BCUT2D eigenvalue weighted by molar-refractivity contribution is 5.94. The summed E-state index contributed by atoms with van der Waals surface area (Å²) in [6, 6.07) is 0. The summed E-state index contributed by atoms with van der Waals surface area (Å²) in [5.74, 6) is -2.36. The molecule has 0 aromatic rings. The number of hydrogen-bond acceptors (Lipinski definition) is 5. The van der Waals surface area contributed by atoms with Crippen LogP contribution in [-0.4, -0.2) is 26.2 Å². The van der Waals surface area contributed by atoms with Gasteiger partial charge < -0.3 is 4.74 Å². The minimum Gasteiger partial charge on any atom is -0.468 e. The Hall–Kier alpha value is -1.10. The van der Waals surface area contributed by atoms with Gasteiger partial charge in [-0.15, -0.1) is 0 Å². The molecule has 1 atom stereocenters. The molecule has 0 rings (SSSR count). The fourth-order valence-electron chi connectivity index (χ4n) is 0.427. The van der Waals surface area contributed by atoms with Crippen LogP contribution in [0, 0.1) is 5.92 Å². The molecule has 0 aromatic carbocycles. The lowest BCUT2D eigenvalue weighted by atomic mass is 10.2. The van der Waals surface area contributed by atoms with E-state index in [4.69, 9.17) is 0 Å². The Morgan fingerprint density at radius 3 is 2.09 bits per heavy atom. The summed E-state index contributed by atoms with van der Waals surface area (Å²) in [6.07, 6.45) is 0. The van der Waals surface area contributed by atoms with E-state index in [1.54, 1.807) is 0 Å². The molecule has 0 saturated carbocycles. The first-order valence-electron chi connectivity index (χ1n) is 2.95. The molecule has 0 aliphatic rings. The zero-order valence-electron chi connectivity index (χ0n) is 6.62. The minimum absolute atomic E-state index is 0.646. The van der Waals surface area contributed by atoms with Crippen molar-refractivity contribution in [2.45, 2.75) is 6.92 Å². The molecular formula is C6H10O5. The zero-order chi connectivity index (χ0) is 8.85. The Kier molecular flexibility index (Phi) is 4.21. The summed E-state index contributed by atoms with van der Waals surface area (Å²) in [4.78, 5) is 29.5. The Labute approximate surface area is 64.2 Å². The molecule has 0 saturated heterocycles. The molecule has 0 bridgehead atoms. The normalized spacial score (nSPS) is 11.9. The van der Waals surface area contributed by atoms with Gasteiger partial charge in [0.15, 0.2) is 5.92 Å². The minimum atomic E-state index is -0.944. The standard InChI is InChI=1S/C6H10O5/c1-4(5(7)9-2)6(8)11-10-3/h4H,1-3H3. The zero-order valence-corrected chi connectivity index (χ0v) is 6.62. The highest BCUT2D eigenvalue weighted by Crippen LogP contribution is 2.00. The van der Waals surface area contributed by atoms with Crippen LogP contribution in [0.1, 0.15) is 6.92 Å². The summed E-state index contributed by atoms with van der Waals surface area (Å²) in [5, 5.41) is 0. The highest BCUT2D eigenvalue weighted by atomic mass is 17.2. The highest BCUT2D eigenvalue weighted by Gasteiger charge is 2.24. The molecule has 1 unspecified atom stereocenters. The molecule has 0 aliphatic heterocycles. The van der Waals surface area contributed by atoms with Crippen LogP contribution < -0.4 is 0 Å². The lowest BCUT2D eigenvalue weighted by Gasteiger charge is -2.05. The largest absolute Gasteiger partial charge is 0.468 e. The molecule has 0 heterocycles. The van der Waals surface area contributed by atoms with Gasteiger partial charge in [0.05, 0.1) is 14.2 Å². The van der Waals surface area contributed by atoms with Gasteiger partial charge in [0, 0.05) is 0 Å². The SMILES string of the molecule is COOC(=O)C(C)C(=O)OC. The Bertz CT molecular complexity index is 153. The van der Waals surface area contributed by atoms with Crippen molar-refractivity contribution in [2.75, 3.05) is 14.2 Å². The molecular weight excluding hydrogens is 152 g/mol. The van der Waals surface area contributed by atoms with Crippen LogP contribution in [0.15, 0.2) is 0 Å². The van der Waals surface area contributed by atoms with E-state index < -0.39 is 17.9 Å². The van der Waals surface area contributed by atoms with Crippen LogP contribution in [-0.2, 0) is 24.1 Å². The van der Waals surface area contributed by atoms with Crippen molar-refractivity contribution >= 4 is 11.9 Å². The number of methoxy groups -OCH3 is 1. The average molecular weight is 162 g/mol. The number of carbonyl (C=O) groups is 2. The van der Waals surface area contributed by atoms with E-state index in [-0.39, 0.29) is 0 Å². The van der Waals surface area contributed by atoms with Gasteiger partial charge in [-0.05, 0) is 6.92 Å². The van der Waals surface area contributed by atoms with E-state index in [2.05, 4.69) is 14.5 Å². The second-order valence-electron chi connectivity index (χ2n) is 1.81. The smallest absolute Gasteiger partial charge is 0.356 e. The van der Waals surface area contributed by atoms with Gasteiger partial charge in [0.25, 0.3) is 0 Å². The van der Waals surface area contributed by atoms with Gasteiger partial charge in [0.2, 0.25) is 0 Å². The van der Waals surface area contributed by atoms with Crippen molar-refractivity contribution in [2.24, 2.45) is 5.92 Å². The van der Waals surface area contributed by atoms with E-state index in [0.717, 1.165) is 0 Å². The Balaban J connectivity index is 3.91. The van der Waals surface area contributed by atoms with Crippen LogP contribution in [0.4, 0.5) is 0 Å². The van der Waals surface area contributed by atoms with E-state index >= 15 is 0 Å². The molecule has 64 valence electrons. The van der Waals surface area contributed by atoms with E-state index in [0.29, 0.717) is 0 Å². The van der Waals surface area contributed by atoms with Crippen LogP contribution in [0.2, 0.25) is 0 Å². The first kappa shape index (κ1) is 9.90. The van der Waals surface area contributed by atoms with Gasteiger partial charge in [-0.3, -0.25) is 9.68 Å². The first-order chi connectivity index (χ1) is 5.13. The molecule has 0 N–H and O–H groups in total. The quantitative estimate of drug-likeness (QED) is 0.251. The van der Waals surface area contributed by atoms with Gasteiger partial charge in [0.1, 0.15) is 0 Å². The maximum absolute atomic E-state index is 10.7. The van der Waals surface area contributed by atoms with E-state index in [1.807, 2.05) is 0 Å². The lowest BCUT2D eigenvalue weighted by Crippen LogP contribution is -2.24.